The summed E-state index contributed by atoms with van der Waals surface area (Å²) in [6.07, 6.45) is -9.13. The fraction of sp³-hybridized carbons (Fsp3) is 0.143. The van der Waals surface area contributed by atoms with Crippen LogP contribution in [0.2, 0.25) is 5.02 Å². The van der Waals surface area contributed by atoms with Crippen LogP contribution < -0.4 is 10.6 Å². The quantitative estimate of drug-likeness (QED) is 0.225. The molecule has 4 nitrogen and oxygen atoms in total. The van der Waals surface area contributed by atoms with Gasteiger partial charge in [-0.2, -0.15) is 26.3 Å². The molecule has 0 aliphatic rings. The maximum Gasteiger partial charge on any atom is 0.417 e. The van der Waals surface area contributed by atoms with Gasteiger partial charge in [0.15, 0.2) is 0 Å². The number of anilines is 1. The zero-order valence-corrected chi connectivity index (χ0v) is 21.0. The standard InChI is InChI=1S/C28H19ClF7N3O/c29-22-14-21(10-11-23(22)30)38-25(40)39-26(15-17-5-2-1-3-6-17,18-7-4-8-19(13-18)27(31,32)33)24-12-9-20(16-37-24)28(34,35)36/h1-14,16H,15H2,(H2,38,39,40). The van der Waals surface area contributed by atoms with Crippen LogP contribution in [-0.2, 0) is 24.3 Å². The molecular formula is C28H19ClF7N3O. The number of carbonyl (C=O) groups is 1. The van der Waals surface area contributed by atoms with Gasteiger partial charge >= 0.3 is 18.4 Å². The minimum absolute atomic E-state index is 0.0573. The zero-order valence-electron chi connectivity index (χ0n) is 20.2. The van der Waals surface area contributed by atoms with Crippen molar-refractivity contribution < 1.29 is 35.5 Å². The van der Waals surface area contributed by atoms with Crippen molar-refractivity contribution in [1.29, 1.82) is 0 Å². The molecule has 1 unspecified atom stereocenters. The average Bonchev–Trinajstić information content (AvgIpc) is 2.90. The van der Waals surface area contributed by atoms with E-state index in [0.717, 1.165) is 42.5 Å². The molecule has 40 heavy (non-hydrogen) atoms. The van der Waals surface area contributed by atoms with Crippen molar-refractivity contribution in [1.82, 2.24) is 10.3 Å². The number of carbonyl (C=O) groups excluding carboxylic acids is 1. The lowest BCUT2D eigenvalue weighted by molar-refractivity contribution is -0.138. The molecular weight excluding hydrogens is 563 g/mol. The van der Waals surface area contributed by atoms with Crippen LogP contribution >= 0.6 is 11.6 Å². The largest absolute Gasteiger partial charge is 0.417 e. The van der Waals surface area contributed by atoms with Crippen LogP contribution in [0.5, 0.6) is 0 Å². The molecule has 0 aliphatic carbocycles. The number of benzene rings is 3. The van der Waals surface area contributed by atoms with Crippen molar-refractivity contribution in [2.45, 2.75) is 24.3 Å². The first-order valence-electron chi connectivity index (χ1n) is 11.6. The van der Waals surface area contributed by atoms with Crippen LogP contribution in [-0.4, -0.2) is 11.0 Å². The summed E-state index contributed by atoms with van der Waals surface area (Å²) in [5, 5.41) is 4.78. The first-order valence-corrected chi connectivity index (χ1v) is 12.0. The molecule has 4 rings (SSSR count). The van der Waals surface area contributed by atoms with Gasteiger partial charge in [-0.05, 0) is 53.6 Å². The van der Waals surface area contributed by atoms with Gasteiger partial charge in [0.1, 0.15) is 11.4 Å². The first-order chi connectivity index (χ1) is 18.8. The Labute approximate surface area is 228 Å². The topological polar surface area (TPSA) is 54.0 Å². The molecule has 12 heteroatoms. The van der Waals surface area contributed by atoms with Crippen molar-refractivity contribution in [3.05, 3.63) is 130 Å². The lowest BCUT2D eigenvalue weighted by Crippen LogP contribution is -2.50. The van der Waals surface area contributed by atoms with Gasteiger partial charge in [-0.3, -0.25) is 4.98 Å². The van der Waals surface area contributed by atoms with Gasteiger partial charge in [0.05, 0.1) is 21.8 Å². The molecule has 208 valence electrons. The van der Waals surface area contributed by atoms with E-state index in [1.54, 1.807) is 30.3 Å². The second kappa shape index (κ2) is 11.2. The molecule has 0 fully saturated rings. The Morgan fingerprint density at radius 2 is 1.45 bits per heavy atom. The van der Waals surface area contributed by atoms with E-state index in [1.807, 2.05) is 0 Å². The minimum Gasteiger partial charge on any atom is -0.322 e. The van der Waals surface area contributed by atoms with Crippen LogP contribution in [0, 0.1) is 5.82 Å². The summed E-state index contributed by atoms with van der Waals surface area (Å²) in [5.74, 6) is -0.746. The van der Waals surface area contributed by atoms with E-state index < -0.39 is 40.9 Å². The van der Waals surface area contributed by atoms with Gasteiger partial charge < -0.3 is 10.6 Å². The van der Waals surface area contributed by atoms with Gasteiger partial charge in [0.25, 0.3) is 0 Å². The predicted molar refractivity (Wildman–Crippen MR) is 135 cm³/mol. The number of rotatable bonds is 6. The van der Waals surface area contributed by atoms with Crippen LogP contribution in [0.15, 0.2) is 91.1 Å². The molecule has 0 bridgehead atoms. The number of amides is 2. The van der Waals surface area contributed by atoms with Gasteiger partial charge in [-0.1, -0.05) is 54.1 Å². The Hall–Kier alpha value is -4.12. The molecule has 0 saturated heterocycles. The summed E-state index contributed by atoms with van der Waals surface area (Å²) in [6, 6.07) is 16.5. The fourth-order valence-corrected chi connectivity index (χ4v) is 4.31. The molecule has 2 N–H and O–H groups in total. The molecule has 0 saturated carbocycles. The smallest absolute Gasteiger partial charge is 0.322 e. The van der Waals surface area contributed by atoms with E-state index in [0.29, 0.717) is 11.8 Å². The normalized spacial score (nSPS) is 13.4. The van der Waals surface area contributed by atoms with E-state index >= 15 is 0 Å². The summed E-state index contributed by atoms with van der Waals surface area (Å²) in [7, 11) is 0. The Kier molecular flexibility index (Phi) is 8.06. The summed E-state index contributed by atoms with van der Waals surface area (Å²) >= 11 is 5.79. The number of pyridine rings is 1. The summed E-state index contributed by atoms with van der Waals surface area (Å²) < 4.78 is 94.6. The van der Waals surface area contributed by atoms with Crippen LogP contribution in [0.3, 0.4) is 0 Å². The highest BCUT2D eigenvalue weighted by Gasteiger charge is 2.41. The zero-order chi connectivity index (χ0) is 29.1. The maximum atomic E-state index is 13.7. The molecule has 1 heterocycles. The lowest BCUT2D eigenvalue weighted by atomic mass is 9.79. The maximum absolute atomic E-state index is 13.7. The highest BCUT2D eigenvalue weighted by Crippen LogP contribution is 2.38. The molecule has 0 aliphatic heterocycles. The van der Waals surface area contributed by atoms with Crippen molar-refractivity contribution in [2.24, 2.45) is 0 Å². The summed E-state index contributed by atoms with van der Waals surface area (Å²) in [5.41, 5.74) is -3.67. The van der Waals surface area contributed by atoms with E-state index in [4.69, 9.17) is 11.6 Å². The Balaban J connectivity index is 1.89. The number of aromatic nitrogens is 1. The van der Waals surface area contributed by atoms with Gasteiger partial charge in [-0.15, -0.1) is 0 Å². The molecule has 1 atom stereocenters. The number of hydrogen-bond donors (Lipinski definition) is 2. The third-order valence-corrected chi connectivity index (χ3v) is 6.32. The Morgan fingerprint density at radius 3 is 2.05 bits per heavy atom. The van der Waals surface area contributed by atoms with Crippen molar-refractivity contribution >= 4 is 23.3 Å². The van der Waals surface area contributed by atoms with E-state index in [1.165, 1.54) is 12.1 Å². The monoisotopic (exact) mass is 581 g/mol. The summed E-state index contributed by atoms with van der Waals surface area (Å²) in [6.45, 7) is 0. The van der Waals surface area contributed by atoms with Gasteiger partial charge in [-0.25, -0.2) is 9.18 Å². The number of urea groups is 1. The Morgan fingerprint density at radius 1 is 0.775 bits per heavy atom. The van der Waals surface area contributed by atoms with Crippen LogP contribution in [0.25, 0.3) is 0 Å². The Bertz CT molecular complexity index is 1490. The molecule has 3 aromatic carbocycles. The molecule has 0 spiro atoms. The molecule has 2 amide bonds. The average molecular weight is 582 g/mol. The van der Waals surface area contributed by atoms with E-state index in [9.17, 15) is 35.5 Å². The van der Waals surface area contributed by atoms with Crippen molar-refractivity contribution in [2.75, 3.05) is 5.32 Å². The van der Waals surface area contributed by atoms with E-state index in [-0.39, 0.29) is 28.4 Å². The second-order valence-electron chi connectivity index (χ2n) is 8.78. The first kappa shape index (κ1) is 28.9. The lowest BCUT2D eigenvalue weighted by Gasteiger charge is -2.36. The second-order valence-corrected chi connectivity index (χ2v) is 9.19. The predicted octanol–water partition coefficient (Wildman–Crippen LogP) is 8.22. The molecule has 0 radical (unpaired) electrons. The minimum atomic E-state index is -4.75. The highest BCUT2D eigenvalue weighted by molar-refractivity contribution is 6.31. The number of nitrogens with one attached hydrogen (secondary N) is 2. The van der Waals surface area contributed by atoms with Crippen molar-refractivity contribution in [3.63, 3.8) is 0 Å². The van der Waals surface area contributed by atoms with Crippen LogP contribution in [0.4, 0.5) is 41.2 Å². The number of hydrogen-bond acceptors (Lipinski definition) is 2. The third-order valence-electron chi connectivity index (χ3n) is 6.03. The third kappa shape index (κ3) is 6.53. The number of alkyl halides is 6. The molecule has 1 aromatic heterocycles. The fourth-order valence-electron chi connectivity index (χ4n) is 4.13. The van der Waals surface area contributed by atoms with Gasteiger partial charge in [0.2, 0.25) is 0 Å². The van der Waals surface area contributed by atoms with Crippen molar-refractivity contribution in [3.8, 4) is 0 Å². The van der Waals surface area contributed by atoms with Crippen LogP contribution in [0.1, 0.15) is 27.9 Å². The SMILES string of the molecule is O=C(Nc1ccc(F)c(Cl)c1)NC(Cc1ccccc1)(c1cccc(C(F)(F)F)c1)c1ccc(C(F)(F)F)cn1. The number of nitrogens with zero attached hydrogens (tertiary/aromatic N) is 1. The number of halogens is 8. The summed E-state index contributed by atoms with van der Waals surface area (Å²) in [4.78, 5) is 17.2. The highest BCUT2D eigenvalue weighted by atomic mass is 35.5. The molecule has 4 aromatic rings. The van der Waals surface area contributed by atoms with E-state index in [2.05, 4.69) is 15.6 Å². The van der Waals surface area contributed by atoms with Gasteiger partial charge in [0, 0.05) is 18.3 Å².